The standard InChI is InChI=1S/C12H15N3/c1-2-10-7-15(8-10)9-12-4-3-11(5-13)6-14-12/h3-4,6,10H,2,7-9H2,1H3. The van der Waals surface area contributed by atoms with Gasteiger partial charge in [-0.2, -0.15) is 5.26 Å². The van der Waals surface area contributed by atoms with E-state index in [0.717, 1.165) is 18.2 Å². The fourth-order valence-corrected chi connectivity index (χ4v) is 1.88. The van der Waals surface area contributed by atoms with Crippen LogP contribution in [0.3, 0.4) is 0 Å². The van der Waals surface area contributed by atoms with Gasteiger partial charge in [0.05, 0.1) is 11.3 Å². The summed E-state index contributed by atoms with van der Waals surface area (Å²) >= 11 is 0. The number of aromatic nitrogens is 1. The van der Waals surface area contributed by atoms with Gasteiger partial charge < -0.3 is 0 Å². The molecule has 2 heterocycles. The predicted molar refractivity (Wildman–Crippen MR) is 58.0 cm³/mol. The van der Waals surface area contributed by atoms with Crippen molar-refractivity contribution in [2.45, 2.75) is 19.9 Å². The second kappa shape index (κ2) is 4.41. The van der Waals surface area contributed by atoms with Gasteiger partial charge in [0.2, 0.25) is 0 Å². The van der Waals surface area contributed by atoms with Gasteiger partial charge in [0, 0.05) is 25.8 Å². The predicted octanol–water partition coefficient (Wildman–Crippen LogP) is 1.80. The van der Waals surface area contributed by atoms with Crippen molar-refractivity contribution >= 4 is 0 Å². The molecular formula is C12H15N3. The molecule has 1 aliphatic rings. The molecule has 1 aliphatic heterocycles. The maximum atomic E-state index is 8.63. The summed E-state index contributed by atoms with van der Waals surface area (Å²) in [5.41, 5.74) is 1.69. The minimum Gasteiger partial charge on any atom is -0.297 e. The van der Waals surface area contributed by atoms with Crippen LogP contribution in [0, 0.1) is 17.2 Å². The Morgan fingerprint density at radius 1 is 1.53 bits per heavy atom. The van der Waals surface area contributed by atoms with Crippen LogP contribution in [-0.4, -0.2) is 23.0 Å². The molecule has 15 heavy (non-hydrogen) atoms. The molecule has 1 fully saturated rings. The zero-order valence-corrected chi connectivity index (χ0v) is 8.98. The Hall–Kier alpha value is -1.40. The molecule has 0 unspecified atom stereocenters. The lowest BCUT2D eigenvalue weighted by Gasteiger charge is -2.38. The van der Waals surface area contributed by atoms with E-state index in [1.54, 1.807) is 6.20 Å². The Labute approximate surface area is 90.4 Å². The third kappa shape index (κ3) is 2.34. The largest absolute Gasteiger partial charge is 0.297 e. The average Bonchev–Trinajstić information content (AvgIpc) is 2.23. The first-order valence-electron chi connectivity index (χ1n) is 5.39. The summed E-state index contributed by atoms with van der Waals surface area (Å²) in [5, 5.41) is 8.63. The van der Waals surface area contributed by atoms with E-state index in [4.69, 9.17) is 5.26 Å². The molecule has 0 radical (unpaired) electrons. The SMILES string of the molecule is CCC1CN(Cc2ccc(C#N)cn2)C1. The molecule has 2 rings (SSSR count). The molecule has 0 amide bonds. The molecule has 3 nitrogen and oxygen atoms in total. The number of hydrogen-bond acceptors (Lipinski definition) is 3. The van der Waals surface area contributed by atoms with Gasteiger partial charge in [0.15, 0.2) is 0 Å². The fourth-order valence-electron chi connectivity index (χ4n) is 1.88. The van der Waals surface area contributed by atoms with E-state index in [-0.39, 0.29) is 0 Å². The van der Waals surface area contributed by atoms with Gasteiger partial charge in [0.1, 0.15) is 6.07 Å². The molecule has 0 bridgehead atoms. The van der Waals surface area contributed by atoms with Crippen molar-refractivity contribution < 1.29 is 0 Å². The number of nitriles is 1. The molecule has 0 saturated carbocycles. The van der Waals surface area contributed by atoms with Gasteiger partial charge in [-0.05, 0) is 18.1 Å². The Kier molecular flexibility index (Phi) is 2.98. The average molecular weight is 201 g/mol. The summed E-state index contributed by atoms with van der Waals surface area (Å²) in [7, 11) is 0. The quantitative estimate of drug-likeness (QED) is 0.748. The summed E-state index contributed by atoms with van der Waals surface area (Å²) in [6.45, 7) is 5.54. The minimum absolute atomic E-state index is 0.633. The van der Waals surface area contributed by atoms with Crippen molar-refractivity contribution in [2.24, 2.45) is 5.92 Å². The first-order valence-corrected chi connectivity index (χ1v) is 5.39. The number of pyridine rings is 1. The number of nitrogens with zero attached hydrogens (tertiary/aromatic N) is 3. The molecule has 0 atom stereocenters. The van der Waals surface area contributed by atoms with Crippen LogP contribution >= 0.6 is 0 Å². The smallest absolute Gasteiger partial charge is 0.101 e. The van der Waals surface area contributed by atoms with Crippen LogP contribution < -0.4 is 0 Å². The third-order valence-electron chi connectivity index (χ3n) is 2.95. The van der Waals surface area contributed by atoms with E-state index >= 15 is 0 Å². The highest BCUT2D eigenvalue weighted by Gasteiger charge is 2.24. The molecule has 0 spiro atoms. The summed E-state index contributed by atoms with van der Waals surface area (Å²) in [4.78, 5) is 6.65. The van der Waals surface area contributed by atoms with Gasteiger partial charge in [-0.25, -0.2) is 0 Å². The Morgan fingerprint density at radius 2 is 2.33 bits per heavy atom. The fraction of sp³-hybridized carbons (Fsp3) is 0.500. The highest BCUT2D eigenvalue weighted by atomic mass is 15.2. The van der Waals surface area contributed by atoms with Crippen LogP contribution in [0.4, 0.5) is 0 Å². The van der Waals surface area contributed by atoms with Crippen molar-refractivity contribution in [3.05, 3.63) is 29.6 Å². The van der Waals surface area contributed by atoms with E-state index < -0.39 is 0 Å². The van der Waals surface area contributed by atoms with Crippen LogP contribution in [-0.2, 0) is 6.54 Å². The van der Waals surface area contributed by atoms with Gasteiger partial charge in [-0.15, -0.1) is 0 Å². The maximum Gasteiger partial charge on any atom is 0.101 e. The van der Waals surface area contributed by atoms with Gasteiger partial charge >= 0.3 is 0 Å². The Balaban J connectivity index is 1.87. The van der Waals surface area contributed by atoms with E-state index in [1.807, 2.05) is 12.1 Å². The van der Waals surface area contributed by atoms with Crippen molar-refractivity contribution in [2.75, 3.05) is 13.1 Å². The summed E-state index contributed by atoms with van der Waals surface area (Å²) in [6, 6.07) is 5.85. The van der Waals surface area contributed by atoms with Gasteiger partial charge in [-0.1, -0.05) is 13.3 Å². The van der Waals surface area contributed by atoms with Crippen molar-refractivity contribution in [3.8, 4) is 6.07 Å². The zero-order chi connectivity index (χ0) is 10.7. The first kappa shape index (κ1) is 10.1. The van der Waals surface area contributed by atoms with Crippen LogP contribution in [0.25, 0.3) is 0 Å². The summed E-state index contributed by atoms with van der Waals surface area (Å²) in [5.74, 6) is 0.878. The molecule has 0 N–H and O–H groups in total. The third-order valence-corrected chi connectivity index (χ3v) is 2.95. The number of rotatable bonds is 3. The lowest BCUT2D eigenvalue weighted by atomic mass is 9.97. The molecule has 3 heteroatoms. The topological polar surface area (TPSA) is 39.9 Å². The zero-order valence-electron chi connectivity index (χ0n) is 8.98. The Morgan fingerprint density at radius 3 is 2.87 bits per heavy atom. The molecule has 1 aromatic rings. The second-order valence-corrected chi connectivity index (χ2v) is 4.12. The van der Waals surface area contributed by atoms with Crippen LogP contribution in [0.2, 0.25) is 0 Å². The molecular weight excluding hydrogens is 186 g/mol. The summed E-state index contributed by atoms with van der Waals surface area (Å²) < 4.78 is 0. The van der Waals surface area contributed by atoms with E-state index in [2.05, 4.69) is 22.9 Å². The Bertz CT molecular complexity index is 357. The highest BCUT2D eigenvalue weighted by molar-refractivity contribution is 5.26. The monoisotopic (exact) mass is 201 g/mol. The van der Waals surface area contributed by atoms with E-state index in [0.29, 0.717) is 5.56 Å². The molecule has 78 valence electrons. The minimum atomic E-state index is 0.633. The highest BCUT2D eigenvalue weighted by Crippen LogP contribution is 2.20. The van der Waals surface area contributed by atoms with Crippen molar-refractivity contribution in [1.82, 2.24) is 9.88 Å². The van der Waals surface area contributed by atoms with Crippen LogP contribution in [0.15, 0.2) is 18.3 Å². The normalized spacial score (nSPS) is 17.1. The number of likely N-dealkylation sites (tertiary alicyclic amines) is 1. The van der Waals surface area contributed by atoms with E-state index in [1.165, 1.54) is 19.5 Å². The number of hydrogen-bond donors (Lipinski definition) is 0. The van der Waals surface area contributed by atoms with Crippen LogP contribution in [0.5, 0.6) is 0 Å². The summed E-state index contributed by atoms with van der Waals surface area (Å²) in [6.07, 6.45) is 2.92. The van der Waals surface area contributed by atoms with E-state index in [9.17, 15) is 0 Å². The molecule has 0 aliphatic carbocycles. The van der Waals surface area contributed by atoms with Gasteiger partial charge in [0.25, 0.3) is 0 Å². The maximum absolute atomic E-state index is 8.63. The molecule has 1 aromatic heterocycles. The second-order valence-electron chi connectivity index (χ2n) is 4.12. The lowest BCUT2D eigenvalue weighted by molar-refractivity contribution is 0.0885. The van der Waals surface area contributed by atoms with Crippen LogP contribution in [0.1, 0.15) is 24.6 Å². The van der Waals surface area contributed by atoms with Crippen molar-refractivity contribution in [3.63, 3.8) is 0 Å². The molecule has 0 aromatic carbocycles. The molecule has 1 saturated heterocycles. The lowest BCUT2D eigenvalue weighted by Crippen LogP contribution is -2.45. The van der Waals surface area contributed by atoms with Crippen molar-refractivity contribution in [1.29, 1.82) is 5.26 Å². The first-order chi connectivity index (χ1) is 7.31. The van der Waals surface area contributed by atoms with Gasteiger partial charge in [-0.3, -0.25) is 9.88 Å².